The number of rotatable bonds is 6. The normalized spacial score (nSPS) is 10.6. The topological polar surface area (TPSA) is 45.7 Å². The summed E-state index contributed by atoms with van der Waals surface area (Å²) in [5, 5.41) is 6.44. The number of thiophene rings is 1. The van der Waals surface area contributed by atoms with Crippen LogP contribution in [-0.4, -0.2) is 26.7 Å². The minimum atomic E-state index is 0. The minimum Gasteiger partial charge on any atom is -0.497 e. The highest BCUT2D eigenvalue weighted by molar-refractivity contribution is 14.0. The highest BCUT2D eigenvalue weighted by Gasteiger charge is 2.04. The zero-order valence-electron chi connectivity index (χ0n) is 13.3. The molecule has 0 bridgehead atoms. The maximum Gasteiger partial charge on any atom is 0.191 e. The van der Waals surface area contributed by atoms with Gasteiger partial charge in [-0.05, 0) is 42.0 Å². The number of hydrogen-bond donors (Lipinski definition) is 2. The molecule has 124 valence electrons. The van der Waals surface area contributed by atoms with Crippen LogP contribution in [0.25, 0.3) is 10.4 Å². The van der Waals surface area contributed by atoms with Gasteiger partial charge in [-0.15, -0.1) is 41.9 Å². The number of nitrogens with zero attached hydrogens (tertiary/aromatic N) is 1. The van der Waals surface area contributed by atoms with Crippen LogP contribution in [0.2, 0.25) is 0 Å². The smallest absolute Gasteiger partial charge is 0.191 e. The Hall–Kier alpha value is -1.54. The van der Waals surface area contributed by atoms with Crippen LogP contribution in [0.15, 0.2) is 54.0 Å². The molecular formula is C17H22IN3OS. The van der Waals surface area contributed by atoms with E-state index in [4.69, 9.17) is 4.74 Å². The van der Waals surface area contributed by atoms with E-state index in [9.17, 15) is 0 Å². The van der Waals surface area contributed by atoms with E-state index in [1.807, 2.05) is 12.1 Å². The number of benzene rings is 1. The van der Waals surface area contributed by atoms with Crippen LogP contribution in [0.3, 0.4) is 0 Å². The number of guanidine groups is 1. The van der Waals surface area contributed by atoms with E-state index in [-0.39, 0.29) is 24.0 Å². The standard InChI is InChI=1S/C17H21N3OS.HI/c1-4-11-19-17(18-2)20-12-15-9-10-16(22-15)13-5-7-14(21-3)8-6-13;/h4-10H,1,11-12H2,2-3H3,(H2,18,19,20);1H. The number of methoxy groups -OCH3 is 1. The van der Waals surface area contributed by atoms with Crippen molar-refractivity contribution in [2.45, 2.75) is 6.54 Å². The van der Waals surface area contributed by atoms with Gasteiger partial charge < -0.3 is 15.4 Å². The van der Waals surface area contributed by atoms with Crippen molar-refractivity contribution in [3.05, 3.63) is 53.9 Å². The van der Waals surface area contributed by atoms with E-state index in [1.54, 1.807) is 31.6 Å². The van der Waals surface area contributed by atoms with Crippen LogP contribution in [0, 0.1) is 0 Å². The third kappa shape index (κ3) is 5.87. The van der Waals surface area contributed by atoms with Crippen LogP contribution >= 0.6 is 35.3 Å². The van der Waals surface area contributed by atoms with Crippen LogP contribution in [0.1, 0.15) is 4.88 Å². The van der Waals surface area contributed by atoms with Crippen molar-refractivity contribution in [2.24, 2.45) is 4.99 Å². The molecule has 2 rings (SSSR count). The third-order valence-electron chi connectivity index (χ3n) is 3.10. The van der Waals surface area contributed by atoms with Gasteiger partial charge in [0.2, 0.25) is 0 Å². The lowest BCUT2D eigenvalue weighted by atomic mass is 10.2. The quantitative estimate of drug-likeness (QED) is 0.308. The number of ether oxygens (including phenoxy) is 1. The van der Waals surface area contributed by atoms with Gasteiger partial charge in [0.15, 0.2) is 5.96 Å². The molecule has 0 atom stereocenters. The zero-order valence-corrected chi connectivity index (χ0v) is 16.5. The second-order valence-corrected chi connectivity index (χ2v) is 5.76. The Labute approximate surface area is 158 Å². The first kappa shape index (κ1) is 19.5. The summed E-state index contributed by atoms with van der Waals surface area (Å²) in [7, 11) is 3.44. The summed E-state index contributed by atoms with van der Waals surface area (Å²) in [6.07, 6.45) is 1.81. The summed E-state index contributed by atoms with van der Waals surface area (Å²) in [6, 6.07) is 12.4. The van der Waals surface area contributed by atoms with E-state index in [0.29, 0.717) is 6.54 Å². The fourth-order valence-electron chi connectivity index (χ4n) is 1.94. The van der Waals surface area contributed by atoms with Gasteiger partial charge in [0, 0.05) is 23.3 Å². The lowest BCUT2D eigenvalue weighted by molar-refractivity contribution is 0.415. The Balaban J connectivity index is 0.00000264. The Kier molecular flexibility index (Phi) is 8.71. The third-order valence-corrected chi connectivity index (χ3v) is 4.24. The zero-order chi connectivity index (χ0) is 15.8. The Morgan fingerprint density at radius 3 is 2.57 bits per heavy atom. The van der Waals surface area contributed by atoms with E-state index in [2.05, 4.69) is 46.5 Å². The average molecular weight is 443 g/mol. The molecule has 1 aromatic carbocycles. The molecule has 0 radical (unpaired) electrons. The van der Waals surface area contributed by atoms with E-state index in [0.717, 1.165) is 18.3 Å². The monoisotopic (exact) mass is 443 g/mol. The summed E-state index contributed by atoms with van der Waals surface area (Å²) >= 11 is 1.77. The second kappa shape index (κ2) is 10.3. The molecule has 6 heteroatoms. The summed E-state index contributed by atoms with van der Waals surface area (Å²) in [4.78, 5) is 6.66. The van der Waals surface area contributed by atoms with Gasteiger partial charge in [0.05, 0.1) is 13.7 Å². The van der Waals surface area contributed by atoms with Gasteiger partial charge in [0.25, 0.3) is 0 Å². The van der Waals surface area contributed by atoms with Crippen molar-refractivity contribution < 1.29 is 4.74 Å². The van der Waals surface area contributed by atoms with Gasteiger partial charge >= 0.3 is 0 Å². The fourth-order valence-corrected chi connectivity index (χ4v) is 2.90. The SMILES string of the molecule is C=CCNC(=NC)NCc1ccc(-c2ccc(OC)cc2)s1.I. The van der Waals surface area contributed by atoms with Crippen molar-refractivity contribution in [2.75, 3.05) is 20.7 Å². The van der Waals surface area contributed by atoms with E-state index < -0.39 is 0 Å². The highest BCUT2D eigenvalue weighted by Crippen LogP contribution is 2.29. The molecular weight excluding hydrogens is 421 g/mol. The lowest BCUT2D eigenvalue weighted by Crippen LogP contribution is -2.36. The Morgan fingerprint density at radius 2 is 1.96 bits per heavy atom. The van der Waals surface area contributed by atoms with Gasteiger partial charge in [-0.3, -0.25) is 4.99 Å². The number of aliphatic imine (C=N–C) groups is 1. The second-order valence-electron chi connectivity index (χ2n) is 4.59. The number of nitrogens with one attached hydrogen (secondary N) is 2. The maximum atomic E-state index is 5.19. The van der Waals surface area contributed by atoms with Crippen LogP contribution in [0.5, 0.6) is 5.75 Å². The van der Waals surface area contributed by atoms with Gasteiger partial charge in [-0.1, -0.05) is 6.08 Å². The predicted octanol–water partition coefficient (Wildman–Crippen LogP) is 3.89. The van der Waals surface area contributed by atoms with Gasteiger partial charge in [-0.2, -0.15) is 0 Å². The molecule has 0 saturated carbocycles. The van der Waals surface area contributed by atoms with Gasteiger partial charge in [0.1, 0.15) is 5.75 Å². The maximum absolute atomic E-state index is 5.19. The number of hydrogen-bond acceptors (Lipinski definition) is 3. The summed E-state index contributed by atoms with van der Waals surface area (Å²) in [5.41, 5.74) is 1.20. The molecule has 0 unspecified atom stereocenters. The molecule has 0 aliphatic carbocycles. The van der Waals surface area contributed by atoms with Crippen molar-refractivity contribution in [1.82, 2.24) is 10.6 Å². The molecule has 2 aromatic rings. The first-order valence-corrected chi connectivity index (χ1v) is 7.87. The Bertz CT molecular complexity index is 638. The molecule has 0 spiro atoms. The highest BCUT2D eigenvalue weighted by atomic mass is 127. The summed E-state index contributed by atoms with van der Waals surface area (Å²) in [6.45, 7) is 5.13. The Morgan fingerprint density at radius 1 is 1.22 bits per heavy atom. The molecule has 1 heterocycles. The van der Waals surface area contributed by atoms with Crippen molar-refractivity contribution in [3.8, 4) is 16.2 Å². The fraction of sp³-hybridized carbons (Fsp3) is 0.235. The number of halogens is 1. The molecule has 4 nitrogen and oxygen atoms in total. The average Bonchev–Trinajstić information content (AvgIpc) is 3.04. The van der Waals surface area contributed by atoms with E-state index >= 15 is 0 Å². The first-order valence-electron chi connectivity index (χ1n) is 7.05. The lowest BCUT2D eigenvalue weighted by Gasteiger charge is -2.09. The van der Waals surface area contributed by atoms with Crippen LogP contribution < -0.4 is 15.4 Å². The van der Waals surface area contributed by atoms with Crippen LogP contribution in [-0.2, 0) is 6.54 Å². The molecule has 0 aliphatic rings. The van der Waals surface area contributed by atoms with Crippen molar-refractivity contribution in [3.63, 3.8) is 0 Å². The molecule has 2 N–H and O–H groups in total. The molecule has 1 aromatic heterocycles. The predicted molar refractivity (Wildman–Crippen MR) is 110 cm³/mol. The largest absolute Gasteiger partial charge is 0.497 e. The molecule has 0 aliphatic heterocycles. The van der Waals surface area contributed by atoms with Crippen molar-refractivity contribution >= 4 is 41.3 Å². The van der Waals surface area contributed by atoms with Gasteiger partial charge in [-0.25, -0.2) is 0 Å². The molecule has 0 fully saturated rings. The van der Waals surface area contributed by atoms with Crippen LogP contribution in [0.4, 0.5) is 0 Å². The molecule has 0 amide bonds. The minimum absolute atomic E-state index is 0. The van der Waals surface area contributed by atoms with Crippen molar-refractivity contribution in [1.29, 1.82) is 0 Å². The molecule has 0 saturated heterocycles. The summed E-state index contributed by atoms with van der Waals surface area (Å²) in [5.74, 6) is 1.65. The molecule has 23 heavy (non-hydrogen) atoms. The summed E-state index contributed by atoms with van der Waals surface area (Å²) < 4.78 is 5.19. The van der Waals surface area contributed by atoms with E-state index in [1.165, 1.54) is 15.3 Å². The first-order chi connectivity index (χ1) is 10.8.